The van der Waals surface area contributed by atoms with Gasteiger partial charge in [-0.05, 0) is 15.9 Å². The van der Waals surface area contributed by atoms with Crippen molar-refractivity contribution >= 4 is 15.9 Å². The van der Waals surface area contributed by atoms with Crippen LogP contribution >= 0.6 is 15.9 Å². The lowest BCUT2D eigenvalue weighted by Gasteiger charge is -2.00. The Bertz CT molecular complexity index is 214. The molecule has 0 aliphatic rings. The summed E-state index contributed by atoms with van der Waals surface area (Å²) in [5.74, 6) is 0.499. The van der Waals surface area contributed by atoms with Gasteiger partial charge in [-0.25, -0.2) is 9.97 Å². The van der Waals surface area contributed by atoms with Crippen LogP contribution in [0.15, 0.2) is 17.0 Å². The lowest BCUT2D eigenvalue weighted by Crippen LogP contribution is -2.11. The van der Waals surface area contributed by atoms with Crippen molar-refractivity contribution in [2.45, 2.75) is 0 Å². The monoisotopic (exact) mass is 217 g/mol. The topological polar surface area (TPSA) is 61.0 Å². The van der Waals surface area contributed by atoms with Crippen LogP contribution in [0.4, 0.5) is 0 Å². The summed E-state index contributed by atoms with van der Waals surface area (Å²) in [7, 11) is 0. The molecule has 0 aromatic carbocycles. The van der Waals surface area contributed by atoms with Crippen LogP contribution in [-0.2, 0) is 0 Å². The first-order chi connectivity index (χ1) is 5.33. The lowest BCUT2D eigenvalue weighted by atomic mass is 10.7. The van der Waals surface area contributed by atoms with Crippen molar-refractivity contribution < 1.29 is 4.74 Å². The van der Waals surface area contributed by atoms with E-state index in [-0.39, 0.29) is 0 Å². The van der Waals surface area contributed by atoms with E-state index in [1.54, 1.807) is 12.4 Å². The molecule has 0 aliphatic heterocycles. The third-order valence-electron chi connectivity index (χ3n) is 0.964. The van der Waals surface area contributed by atoms with E-state index < -0.39 is 0 Å². The van der Waals surface area contributed by atoms with Gasteiger partial charge in [-0.15, -0.1) is 0 Å². The predicted molar refractivity (Wildman–Crippen MR) is 44.3 cm³/mol. The number of ether oxygens (including phenoxy) is 1. The molecular weight excluding hydrogens is 210 g/mol. The van der Waals surface area contributed by atoms with E-state index in [9.17, 15) is 0 Å². The van der Waals surface area contributed by atoms with Crippen molar-refractivity contribution in [2.24, 2.45) is 5.73 Å². The summed E-state index contributed by atoms with van der Waals surface area (Å²) in [6.45, 7) is 0.952. The van der Waals surface area contributed by atoms with Crippen LogP contribution in [0, 0.1) is 0 Å². The van der Waals surface area contributed by atoms with Gasteiger partial charge in [0, 0.05) is 6.54 Å². The molecular formula is C6H8BrN3O. The summed E-state index contributed by atoms with van der Waals surface area (Å²) < 4.78 is 5.78. The molecule has 11 heavy (non-hydrogen) atoms. The molecule has 4 nitrogen and oxygen atoms in total. The minimum atomic E-state index is 0.469. The molecule has 0 radical (unpaired) electrons. The van der Waals surface area contributed by atoms with Crippen LogP contribution in [0.2, 0.25) is 0 Å². The van der Waals surface area contributed by atoms with Crippen LogP contribution in [0.5, 0.6) is 5.88 Å². The molecule has 0 aliphatic carbocycles. The van der Waals surface area contributed by atoms with E-state index in [1.807, 2.05) is 0 Å². The molecule has 0 amide bonds. The van der Waals surface area contributed by atoms with E-state index in [0.29, 0.717) is 23.6 Å². The summed E-state index contributed by atoms with van der Waals surface area (Å²) in [4.78, 5) is 7.85. The van der Waals surface area contributed by atoms with Gasteiger partial charge in [-0.1, -0.05) is 0 Å². The normalized spacial score (nSPS) is 9.64. The molecule has 0 bridgehead atoms. The third kappa shape index (κ3) is 2.81. The highest BCUT2D eigenvalue weighted by molar-refractivity contribution is 9.10. The van der Waals surface area contributed by atoms with Gasteiger partial charge < -0.3 is 10.5 Å². The average Bonchev–Trinajstić information content (AvgIpc) is 2.04. The molecule has 1 heterocycles. The maximum absolute atomic E-state index is 5.22. The first-order valence-corrected chi connectivity index (χ1v) is 3.92. The summed E-state index contributed by atoms with van der Waals surface area (Å²) in [5.41, 5.74) is 5.22. The van der Waals surface area contributed by atoms with Crippen LogP contribution in [0.25, 0.3) is 0 Å². The van der Waals surface area contributed by atoms with E-state index in [2.05, 4.69) is 25.9 Å². The second kappa shape index (κ2) is 4.25. The second-order valence-electron chi connectivity index (χ2n) is 1.81. The highest BCUT2D eigenvalue weighted by atomic mass is 79.9. The van der Waals surface area contributed by atoms with E-state index >= 15 is 0 Å². The molecule has 1 rings (SSSR count). The van der Waals surface area contributed by atoms with Crippen LogP contribution in [0.3, 0.4) is 0 Å². The first kappa shape index (κ1) is 8.42. The molecule has 0 saturated carbocycles. The summed E-state index contributed by atoms with van der Waals surface area (Å²) in [6, 6.07) is 0. The molecule has 1 aromatic rings. The minimum Gasteiger partial charge on any atom is -0.475 e. The van der Waals surface area contributed by atoms with E-state index in [1.165, 1.54) is 0 Å². The summed E-state index contributed by atoms with van der Waals surface area (Å²) in [6.07, 6.45) is 3.12. The highest BCUT2D eigenvalue weighted by Crippen LogP contribution is 2.07. The van der Waals surface area contributed by atoms with Crippen LogP contribution in [0.1, 0.15) is 0 Å². The number of hydrogen-bond acceptors (Lipinski definition) is 4. The van der Waals surface area contributed by atoms with Crippen molar-refractivity contribution in [2.75, 3.05) is 13.2 Å². The van der Waals surface area contributed by atoms with Gasteiger partial charge in [0.15, 0.2) is 0 Å². The molecule has 0 spiro atoms. The second-order valence-corrected chi connectivity index (χ2v) is 2.63. The maximum atomic E-state index is 5.22. The standard InChI is InChI=1S/C6H8BrN3O/c7-5-3-10-6(4-9-5)11-2-1-8/h3-4H,1-2,8H2. The molecule has 0 fully saturated rings. The Kier molecular flexibility index (Phi) is 3.25. The fourth-order valence-electron chi connectivity index (χ4n) is 0.538. The van der Waals surface area contributed by atoms with Crippen LogP contribution in [-0.4, -0.2) is 23.1 Å². The molecule has 0 saturated heterocycles. The van der Waals surface area contributed by atoms with Crippen molar-refractivity contribution in [3.8, 4) is 5.88 Å². The quantitative estimate of drug-likeness (QED) is 0.805. The summed E-state index contributed by atoms with van der Waals surface area (Å²) >= 11 is 3.16. The van der Waals surface area contributed by atoms with Gasteiger partial charge in [0.1, 0.15) is 11.2 Å². The van der Waals surface area contributed by atoms with E-state index in [4.69, 9.17) is 10.5 Å². The average molecular weight is 218 g/mol. The zero-order chi connectivity index (χ0) is 8.10. The largest absolute Gasteiger partial charge is 0.475 e. The molecule has 2 N–H and O–H groups in total. The SMILES string of the molecule is NCCOc1cnc(Br)cn1. The number of aromatic nitrogens is 2. The molecule has 1 aromatic heterocycles. The van der Waals surface area contributed by atoms with Crippen molar-refractivity contribution in [3.05, 3.63) is 17.0 Å². The van der Waals surface area contributed by atoms with Gasteiger partial charge in [0.05, 0.1) is 12.4 Å². The van der Waals surface area contributed by atoms with Gasteiger partial charge in [0.25, 0.3) is 0 Å². The Balaban J connectivity index is 2.52. The molecule has 60 valence electrons. The fourth-order valence-corrected chi connectivity index (χ4v) is 0.743. The van der Waals surface area contributed by atoms with Gasteiger partial charge in [0.2, 0.25) is 5.88 Å². The molecule has 0 unspecified atom stereocenters. The van der Waals surface area contributed by atoms with Crippen molar-refractivity contribution in [1.82, 2.24) is 9.97 Å². The zero-order valence-electron chi connectivity index (χ0n) is 5.83. The maximum Gasteiger partial charge on any atom is 0.232 e. The lowest BCUT2D eigenvalue weighted by molar-refractivity contribution is 0.314. The minimum absolute atomic E-state index is 0.469. The number of rotatable bonds is 3. The Morgan fingerprint density at radius 2 is 2.27 bits per heavy atom. The molecule has 0 atom stereocenters. The van der Waals surface area contributed by atoms with Crippen molar-refractivity contribution in [3.63, 3.8) is 0 Å². The van der Waals surface area contributed by atoms with Crippen molar-refractivity contribution in [1.29, 1.82) is 0 Å². The Morgan fingerprint density at radius 1 is 1.45 bits per heavy atom. The number of nitrogens with zero attached hydrogens (tertiary/aromatic N) is 2. The third-order valence-corrected chi connectivity index (χ3v) is 1.37. The Hall–Kier alpha value is -0.680. The number of hydrogen-bond donors (Lipinski definition) is 1. The Labute approximate surface area is 72.9 Å². The fraction of sp³-hybridized carbons (Fsp3) is 0.333. The summed E-state index contributed by atoms with van der Waals surface area (Å²) in [5, 5.41) is 0. The zero-order valence-corrected chi connectivity index (χ0v) is 7.41. The van der Waals surface area contributed by atoms with E-state index in [0.717, 1.165) is 0 Å². The smallest absolute Gasteiger partial charge is 0.232 e. The van der Waals surface area contributed by atoms with Gasteiger partial charge >= 0.3 is 0 Å². The highest BCUT2D eigenvalue weighted by Gasteiger charge is 1.93. The first-order valence-electron chi connectivity index (χ1n) is 3.13. The number of halogens is 1. The van der Waals surface area contributed by atoms with Crippen LogP contribution < -0.4 is 10.5 Å². The number of nitrogens with two attached hydrogens (primary N) is 1. The van der Waals surface area contributed by atoms with Gasteiger partial charge in [-0.3, -0.25) is 0 Å². The Morgan fingerprint density at radius 3 is 2.82 bits per heavy atom. The predicted octanol–water partition coefficient (Wildman–Crippen LogP) is 0.577. The van der Waals surface area contributed by atoms with Gasteiger partial charge in [-0.2, -0.15) is 0 Å². The molecule has 5 heteroatoms.